The SMILES string of the molecule is CCn1ncnc1[C@@H](C)NC(=O)Nc1ccc(OC(F)F)cc1C. The number of hydrogen-bond donors (Lipinski definition) is 2. The number of halogens is 2. The molecule has 9 heteroatoms. The first-order chi connectivity index (χ1) is 11.4. The molecule has 130 valence electrons. The van der Waals surface area contributed by atoms with E-state index in [0.29, 0.717) is 23.6 Å². The third-order valence-electron chi connectivity index (χ3n) is 3.35. The van der Waals surface area contributed by atoms with Crippen LogP contribution in [0.3, 0.4) is 0 Å². The van der Waals surface area contributed by atoms with Gasteiger partial charge in [0.25, 0.3) is 0 Å². The molecule has 7 nitrogen and oxygen atoms in total. The number of hydrogen-bond acceptors (Lipinski definition) is 4. The third-order valence-corrected chi connectivity index (χ3v) is 3.35. The van der Waals surface area contributed by atoms with Crippen molar-refractivity contribution in [1.29, 1.82) is 0 Å². The van der Waals surface area contributed by atoms with Crippen LogP contribution in [0, 0.1) is 6.92 Å². The second-order valence-corrected chi connectivity index (χ2v) is 5.11. The van der Waals surface area contributed by atoms with Gasteiger partial charge < -0.3 is 15.4 Å². The van der Waals surface area contributed by atoms with Crippen molar-refractivity contribution in [3.63, 3.8) is 0 Å². The smallest absolute Gasteiger partial charge is 0.387 e. The maximum atomic E-state index is 12.2. The second kappa shape index (κ2) is 7.71. The fourth-order valence-electron chi connectivity index (χ4n) is 2.22. The summed E-state index contributed by atoms with van der Waals surface area (Å²) < 4.78 is 30.4. The number of carbonyl (C=O) groups is 1. The number of carbonyl (C=O) groups excluding carboxylic acids is 1. The maximum absolute atomic E-state index is 12.2. The molecule has 2 amide bonds. The molecule has 0 aliphatic heterocycles. The molecule has 0 spiro atoms. The van der Waals surface area contributed by atoms with E-state index >= 15 is 0 Å². The molecule has 2 N–H and O–H groups in total. The van der Waals surface area contributed by atoms with Gasteiger partial charge in [-0.15, -0.1) is 0 Å². The minimum absolute atomic E-state index is 0.0397. The zero-order chi connectivity index (χ0) is 17.7. The van der Waals surface area contributed by atoms with E-state index in [9.17, 15) is 13.6 Å². The van der Waals surface area contributed by atoms with Gasteiger partial charge in [-0.1, -0.05) is 0 Å². The van der Waals surface area contributed by atoms with E-state index in [1.165, 1.54) is 24.5 Å². The number of ether oxygens (including phenoxy) is 1. The van der Waals surface area contributed by atoms with Crippen LogP contribution in [-0.2, 0) is 6.54 Å². The van der Waals surface area contributed by atoms with Gasteiger partial charge in [0.15, 0.2) is 0 Å². The molecule has 0 bridgehead atoms. The average Bonchev–Trinajstić information content (AvgIpc) is 2.98. The van der Waals surface area contributed by atoms with E-state index in [-0.39, 0.29) is 11.8 Å². The number of benzene rings is 1. The Labute approximate surface area is 138 Å². The lowest BCUT2D eigenvalue weighted by molar-refractivity contribution is -0.0498. The number of rotatable bonds is 6. The highest BCUT2D eigenvalue weighted by atomic mass is 19.3. The quantitative estimate of drug-likeness (QED) is 0.847. The summed E-state index contributed by atoms with van der Waals surface area (Å²) in [4.78, 5) is 16.2. The van der Waals surface area contributed by atoms with E-state index in [4.69, 9.17) is 0 Å². The summed E-state index contributed by atoms with van der Waals surface area (Å²) in [5, 5.41) is 9.48. The largest absolute Gasteiger partial charge is 0.435 e. The van der Waals surface area contributed by atoms with E-state index < -0.39 is 12.6 Å². The van der Waals surface area contributed by atoms with Gasteiger partial charge in [0.05, 0.1) is 6.04 Å². The van der Waals surface area contributed by atoms with Crippen LogP contribution in [0.5, 0.6) is 5.75 Å². The van der Waals surface area contributed by atoms with E-state index in [1.807, 2.05) is 6.92 Å². The Kier molecular flexibility index (Phi) is 5.67. The number of urea groups is 1. The molecular weight excluding hydrogens is 320 g/mol. The highest BCUT2D eigenvalue weighted by molar-refractivity contribution is 5.90. The molecule has 0 fully saturated rings. The molecule has 0 aliphatic rings. The molecule has 1 aromatic heterocycles. The summed E-state index contributed by atoms with van der Waals surface area (Å²) in [6, 6.07) is 3.53. The Morgan fingerprint density at radius 3 is 2.79 bits per heavy atom. The van der Waals surface area contributed by atoms with Crippen molar-refractivity contribution in [1.82, 2.24) is 20.1 Å². The summed E-state index contributed by atoms with van der Waals surface area (Å²) in [5.74, 6) is 0.683. The number of nitrogens with one attached hydrogen (secondary N) is 2. The van der Waals surface area contributed by atoms with Gasteiger partial charge in [0.2, 0.25) is 0 Å². The maximum Gasteiger partial charge on any atom is 0.387 e. The molecule has 2 rings (SSSR count). The molecule has 1 aromatic carbocycles. The van der Waals surface area contributed by atoms with Gasteiger partial charge in [-0.05, 0) is 44.5 Å². The molecule has 0 unspecified atom stereocenters. The molecule has 0 saturated carbocycles. The number of aryl methyl sites for hydroxylation is 2. The second-order valence-electron chi connectivity index (χ2n) is 5.11. The van der Waals surface area contributed by atoms with E-state index in [2.05, 4.69) is 25.5 Å². The normalized spacial score (nSPS) is 12.1. The molecule has 0 saturated heterocycles. The first-order valence-electron chi connectivity index (χ1n) is 7.41. The van der Waals surface area contributed by atoms with Crippen LogP contribution in [0.4, 0.5) is 19.3 Å². The van der Waals surface area contributed by atoms with Crippen molar-refractivity contribution in [2.45, 2.75) is 40.0 Å². The lowest BCUT2D eigenvalue weighted by atomic mass is 10.2. The molecule has 0 aliphatic carbocycles. The zero-order valence-electron chi connectivity index (χ0n) is 13.6. The number of alkyl halides is 2. The van der Waals surface area contributed by atoms with E-state index in [0.717, 1.165) is 0 Å². The minimum Gasteiger partial charge on any atom is -0.435 e. The van der Waals surface area contributed by atoms with Crippen molar-refractivity contribution in [2.75, 3.05) is 5.32 Å². The van der Waals surface area contributed by atoms with Gasteiger partial charge in [-0.25, -0.2) is 14.5 Å². The van der Waals surface area contributed by atoms with Crippen LogP contribution in [-0.4, -0.2) is 27.4 Å². The Morgan fingerprint density at radius 2 is 2.17 bits per heavy atom. The third kappa shape index (κ3) is 4.40. The first kappa shape index (κ1) is 17.6. The van der Waals surface area contributed by atoms with Gasteiger partial charge >= 0.3 is 12.6 Å². The van der Waals surface area contributed by atoms with Crippen LogP contribution >= 0.6 is 0 Å². The van der Waals surface area contributed by atoms with Crippen LogP contribution in [0.2, 0.25) is 0 Å². The van der Waals surface area contributed by atoms with Gasteiger partial charge in [0.1, 0.15) is 17.9 Å². The van der Waals surface area contributed by atoms with Gasteiger partial charge in [-0.2, -0.15) is 13.9 Å². The fourth-order valence-corrected chi connectivity index (χ4v) is 2.22. The lowest BCUT2D eigenvalue weighted by Gasteiger charge is -2.16. The zero-order valence-corrected chi connectivity index (χ0v) is 13.6. The Balaban J connectivity index is 1.99. The van der Waals surface area contributed by atoms with Crippen LogP contribution in [0.1, 0.15) is 31.3 Å². The number of anilines is 1. The molecule has 1 heterocycles. The van der Waals surface area contributed by atoms with Crippen molar-refractivity contribution in [3.05, 3.63) is 35.9 Å². The number of amides is 2. The molecule has 1 atom stereocenters. The monoisotopic (exact) mass is 339 g/mol. The summed E-state index contributed by atoms with van der Waals surface area (Å²) in [6.07, 6.45) is 1.43. The molecule has 2 aromatic rings. The molecule has 24 heavy (non-hydrogen) atoms. The highest BCUT2D eigenvalue weighted by Crippen LogP contribution is 2.22. The standard InChI is InChI=1S/C15H19F2N5O2/c1-4-22-13(18-8-19-22)10(3)20-15(23)21-12-6-5-11(7-9(12)2)24-14(16)17/h5-8,10,14H,4H2,1-3H3,(H2,20,21,23)/t10-/m1/s1. The van der Waals surface area contributed by atoms with Crippen molar-refractivity contribution in [3.8, 4) is 5.75 Å². The first-order valence-corrected chi connectivity index (χ1v) is 7.41. The number of aromatic nitrogens is 3. The fraction of sp³-hybridized carbons (Fsp3) is 0.400. The molecular formula is C15H19F2N5O2. The van der Waals surface area contributed by atoms with E-state index in [1.54, 1.807) is 18.5 Å². The topological polar surface area (TPSA) is 81.1 Å². The summed E-state index contributed by atoms with van der Waals surface area (Å²) in [7, 11) is 0. The van der Waals surface area contributed by atoms with Crippen molar-refractivity contribution < 1.29 is 18.3 Å². The predicted octanol–water partition coefficient (Wildman–Crippen LogP) is 3.09. The summed E-state index contributed by atoms with van der Waals surface area (Å²) in [5.41, 5.74) is 1.10. The van der Waals surface area contributed by atoms with Crippen LogP contribution in [0.15, 0.2) is 24.5 Å². The highest BCUT2D eigenvalue weighted by Gasteiger charge is 2.15. The lowest BCUT2D eigenvalue weighted by Crippen LogP contribution is -2.32. The summed E-state index contributed by atoms with van der Waals surface area (Å²) in [6.45, 7) is 3.17. The Morgan fingerprint density at radius 1 is 1.42 bits per heavy atom. The Bertz CT molecular complexity index is 705. The van der Waals surface area contributed by atoms with Gasteiger partial charge in [0, 0.05) is 12.2 Å². The minimum atomic E-state index is -2.89. The van der Waals surface area contributed by atoms with Crippen molar-refractivity contribution in [2.24, 2.45) is 0 Å². The van der Waals surface area contributed by atoms with Crippen LogP contribution < -0.4 is 15.4 Å². The predicted molar refractivity (Wildman–Crippen MR) is 84.1 cm³/mol. The average molecular weight is 339 g/mol. The number of nitrogens with zero attached hydrogens (tertiary/aromatic N) is 3. The van der Waals surface area contributed by atoms with Gasteiger partial charge in [-0.3, -0.25) is 0 Å². The summed E-state index contributed by atoms with van der Waals surface area (Å²) >= 11 is 0. The Hall–Kier alpha value is -2.71. The van der Waals surface area contributed by atoms with Crippen molar-refractivity contribution >= 4 is 11.7 Å². The molecule has 0 radical (unpaired) electrons. The van der Waals surface area contributed by atoms with Crippen LogP contribution in [0.25, 0.3) is 0 Å².